The maximum absolute atomic E-state index is 12.5. The lowest BCUT2D eigenvalue weighted by molar-refractivity contribution is -0.139. The van der Waals surface area contributed by atoms with Gasteiger partial charge in [-0.05, 0) is 30.4 Å². The molecule has 2 bridgehead atoms. The monoisotopic (exact) mass is 242 g/mol. The van der Waals surface area contributed by atoms with E-state index in [4.69, 9.17) is 0 Å². The van der Waals surface area contributed by atoms with Gasteiger partial charge in [-0.1, -0.05) is 24.3 Å². The molecule has 94 valence electrons. The lowest BCUT2D eigenvalue weighted by Crippen LogP contribution is -2.68. The molecule has 0 radical (unpaired) electrons. The molecule has 3 saturated heterocycles. The molecule has 4 aliphatic rings. The molecule has 3 aliphatic heterocycles. The van der Waals surface area contributed by atoms with Gasteiger partial charge in [0.05, 0.1) is 0 Å². The van der Waals surface area contributed by atoms with E-state index in [0.717, 1.165) is 25.9 Å². The first-order valence-corrected chi connectivity index (χ1v) is 6.91. The normalized spacial score (nSPS) is 29.9. The minimum absolute atomic E-state index is 0.194. The second-order valence-electron chi connectivity index (χ2n) is 5.91. The number of hydrogen-bond acceptors (Lipinski definition) is 2. The number of nitrogens with one attached hydrogen (secondary N) is 1. The Labute approximate surface area is 107 Å². The Morgan fingerprint density at radius 2 is 1.67 bits per heavy atom. The van der Waals surface area contributed by atoms with E-state index in [9.17, 15) is 4.79 Å². The molecule has 1 aliphatic carbocycles. The number of piperazine rings is 1. The minimum Gasteiger partial charge on any atom is -0.339 e. The predicted molar refractivity (Wildman–Crippen MR) is 69.2 cm³/mol. The lowest BCUT2D eigenvalue weighted by atomic mass is 9.90. The highest BCUT2D eigenvalue weighted by molar-refractivity contribution is 5.81. The fourth-order valence-corrected chi connectivity index (χ4v) is 3.69. The Bertz CT molecular complexity index is 458. The van der Waals surface area contributed by atoms with E-state index < -0.39 is 0 Å². The third-order valence-electron chi connectivity index (χ3n) is 4.63. The summed E-state index contributed by atoms with van der Waals surface area (Å²) in [5.41, 5.74) is 2.74. The van der Waals surface area contributed by atoms with Crippen molar-refractivity contribution >= 4 is 5.91 Å². The molecule has 0 saturated carbocycles. The standard InChI is InChI=1S/C15H18N2O/c18-15(17-8-13-7-14(9-17)16-13)12-5-10-3-1-2-4-11(10)6-12/h1-4,12-14,16H,5-9H2. The topological polar surface area (TPSA) is 32.3 Å². The Morgan fingerprint density at radius 1 is 1.11 bits per heavy atom. The average molecular weight is 242 g/mol. The third kappa shape index (κ3) is 1.57. The van der Waals surface area contributed by atoms with E-state index in [-0.39, 0.29) is 5.92 Å². The van der Waals surface area contributed by atoms with Crippen molar-refractivity contribution < 1.29 is 4.79 Å². The summed E-state index contributed by atoms with van der Waals surface area (Å²) >= 11 is 0. The molecular formula is C15H18N2O. The summed E-state index contributed by atoms with van der Waals surface area (Å²) in [5.74, 6) is 0.572. The number of carbonyl (C=O) groups is 1. The van der Waals surface area contributed by atoms with E-state index in [2.05, 4.69) is 34.5 Å². The second-order valence-corrected chi connectivity index (χ2v) is 5.91. The van der Waals surface area contributed by atoms with Crippen LogP contribution in [-0.2, 0) is 17.6 Å². The van der Waals surface area contributed by atoms with E-state index in [0.29, 0.717) is 18.0 Å². The number of benzene rings is 1. The summed E-state index contributed by atoms with van der Waals surface area (Å²) in [7, 11) is 0. The van der Waals surface area contributed by atoms with Crippen LogP contribution in [0.3, 0.4) is 0 Å². The summed E-state index contributed by atoms with van der Waals surface area (Å²) in [6.45, 7) is 1.84. The minimum atomic E-state index is 0.194. The maximum atomic E-state index is 12.5. The summed E-state index contributed by atoms with van der Waals surface area (Å²) in [4.78, 5) is 14.6. The van der Waals surface area contributed by atoms with Gasteiger partial charge < -0.3 is 10.2 Å². The quantitative estimate of drug-likeness (QED) is 0.796. The van der Waals surface area contributed by atoms with Crippen molar-refractivity contribution in [2.24, 2.45) is 5.92 Å². The number of rotatable bonds is 1. The fraction of sp³-hybridized carbons (Fsp3) is 0.533. The largest absolute Gasteiger partial charge is 0.339 e. The van der Waals surface area contributed by atoms with Crippen LogP contribution >= 0.6 is 0 Å². The van der Waals surface area contributed by atoms with Gasteiger partial charge in [0.15, 0.2) is 0 Å². The maximum Gasteiger partial charge on any atom is 0.226 e. The summed E-state index contributed by atoms with van der Waals surface area (Å²) in [6.07, 6.45) is 3.14. The molecule has 1 aromatic carbocycles. The van der Waals surface area contributed by atoms with E-state index in [1.54, 1.807) is 0 Å². The molecule has 0 aromatic heterocycles. The van der Waals surface area contributed by atoms with Crippen LogP contribution in [0.25, 0.3) is 0 Å². The van der Waals surface area contributed by atoms with Gasteiger partial charge >= 0.3 is 0 Å². The molecule has 3 heteroatoms. The molecule has 3 fully saturated rings. The zero-order valence-corrected chi connectivity index (χ0v) is 10.4. The van der Waals surface area contributed by atoms with Crippen LogP contribution in [0.2, 0.25) is 0 Å². The molecule has 3 heterocycles. The molecule has 0 spiro atoms. The fourth-order valence-electron chi connectivity index (χ4n) is 3.69. The smallest absolute Gasteiger partial charge is 0.226 e. The first-order valence-electron chi connectivity index (χ1n) is 6.91. The molecule has 1 aromatic rings. The predicted octanol–water partition coefficient (Wildman–Crippen LogP) is 0.974. The van der Waals surface area contributed by atoms with Crippen molar-refractivity contribution in [3.8, 4) is 0 Å². The molecule has 2 atom stereocenters. The molecule has 18 heavy (non-hydrogen) atoms. The first-order chi connectivity index (χ1) is 8.79. The van der Waals surface area contributed by atoms with E-state index >= 15 is 0 Å². The second kappa shape index (κ2) is 3.82. The highest BCUT2D eigenvalue weighted by Gasteiger charge is 2.40. The van der Waals surface area contributed by atoms with Gasteiger partial charge in [0, 0.05) is 31.1 Å². The SMILES string of the molecule is O=C(C1Cc2ccccc2C1)N1CC2CC(C1)N2. The van der Waals surface area contributed by atoms with Gasteiger partial charge in [-0.15, -0.1) is 0 Å². The number of hydrogen-bond donors (Lipinski definition) is 1. The molecule has 1 N–H and O–H groups in total. The van der Waals surface area contributed by atoms with Crippen molar-refractivity contribution in [1.82, 2.24) is 10.2 Å². The van der Waals surface area contributed by atoms with Crippen LogP contribution in [-0.4, -0.2) is 36.0 Å². The highest BCUT2D eigenvalue weighted by Crippen LogP contribution is 2.30. The van der Waals surface area contributed by atoms with Gasteiger partial charge in [-0.25, -0.2) is 0 Å². The highest BCUT2D eigenvalue weighted by atomic mass is 16.2. The van der Waals surface area contributed by atoms with Crippen LogP contribution in [0.5, 0.6) is 0 Å². The van der Waals surface area contributed by atoms with Gasteiger partial charge in [0.1, 0.15) is 0 Å². The Morgan fingerprint density at radius 3 is 2.22 bits per heavy atom. The molecule has 2 unspecified atom stereocenters. The molecule has 5 rings (SSSR count). The first kappa shape index (κ1) is 10.6. The van der Waals surface area contributed by atoms with E-state index in [1.165, 1.54) is 17.5 Å². The zero-order valence-electron chi connectivity index (χ0n) is 10.4. The molecular weight excluding hydrogens is 224 g/mol. The number of nitrogens with zero attached hydrogens (tertiary/aromatic N) is 1. The van der Waals surface area contributed by atoms with Crippen LogP contribution in [0.1, 0.15) is 17.5 Å². The Kier molecular flexibility index (Phi) is 2.24. The van der Waals surface area contributed by atoms with Crippen molar-refractivity contribution in [3.63, 3.8) is 0 Å². The van der Waals surface area contributed by atoms with Crippen molar-refractivity contribution in [2.45, 2.75) is 31.3 Å². The van der Waals surface area contributed by atoms with Crippen LogP contribution in [0.4, 0.5) is 0 Å². The Balaban J connectivity index is 1.47. The third-order valence-corrected chi connectivity index (χ3v) is 4.63. The number of fused-ring (bicyclic) bond motifs is 3. The summed E-state index contributed by atoms with van der Waals surface area (Å²) in [6, 6.07) is 9.61. The van der Waals surface area contributed by atoms with Crippen LogP contribution < -0.4 is 5.32 Å². The zero-order chi connectivity index (χ0) is 12.1. The number of carbonyl (C=O) groups excluding carboxylic acids is 1. The van der Waals surface area contributed by atoms with Crippen LogP contribution in [0.15, 0.2) is 24.3 Å². The van der Waals surface area contributed by atoms with Gasteiger partial charge in [0.2, 0.25) is 5.91 Å². The molecule has 3 nitrogen and oxygen atoms in total. The van der Waals surface area contributed by atoms with Gasteiger partial charge in [-0.3, -0.25) is 4.79 Å². The average Bonchev–Trinajstić information content (AvgIpc) is 2.81. The van der Waals surface area contributed by atoms with Crippen molar-refractivity contribution in [3.05, 3.63) is 35.4 Å². The number of piperidine rings is 1. The Hall–Kier alpha value is -1.35. The van der Waals surface area contributed by atoms with Crippen LogP contribution in [0, 0.1) is 5.92 Å². The van der Waals surface area contributed by atoms with Gasteiger partial charge in [-0.2, -0.15) is 0 Å². The summed E-state index contributed by atoms with van der Waals surface area (Å²) < 4.78 is 0. The lowest BCUT2D eigenvalue weighted by Gasteiger charge is -2.48. The number of amides is 1. The van der Waals surface area contributed by atoms with Gasteiger partial charge in [0.25, 0.3) is 0 Å². The molecule has 1 amide bonds. The van der Waals surface area contributed by atoms with E-state index in [1.807, 2.05) is 0 Å². The summed E-state index contributed by atoms with van der Waals surface area (Å²) in [5, 5.41) is 3.48. The van der Waals surface area contributed by atoms with Crippen molar-refractivity contribution in [2.75, 3.05) is 13.1 Å². The van der Waals surface area contributed by atoms with Crippen molar-refractivity contribution in [1.29, 1.82) is 0 Å².